The quantitative estimate of drug-likeness (QED) is 0.634. The lowest BCUT2D eigenvalue weighted by Gasteiger charge is -2.27. The van der Waals surface area contributed by atoms with E-state index in [1.807, 2.05) is 20.8 Å². The van der Waals surface area contributed by atoms with Gasteiger partial charge in [0.05, 0.1) is 19.3 Å². The number of carbonyl (C=O) groups is 2. The lowest BCUT2D eigenvalue weighted by Crippen LogP contribution is -2.44. The first kappa shape index (κ1) is 19.5. The molecule has 0 aromatic rings. The van der Waals surface area contributed by atoms with Crippen molar-refractivity contribution in [1.82, 2.24) is 4.90 Å². The summed E-state index contributed by atoms with van der Waals surface area (Å²) in [4.78, 5) is 26.1. The van der Waals surface area contributed by atoms with Crippen molar-refractivity contribution < 1.29 is 24.2 Å². The van der Waals surface area contributed by atoms with Crippen molar-refractivity contribution in [3.05, 3.63) is 11.6 Å². The molecule has 1 fully saturated rings. The number of nitrogens with zero attached hydrogens (tertiary/aromatic N) is 1. The lowest BCUT2D eigenvalue weighted by atomic mass is 10.0. The second-order valence-electron chi connectivity index (χ2n) is 7.19. The summed E-state index contributed by atoms with van der Waals surface area (Å²) in [7, 11) is 0. The first-order valence-electron chi connectivity index (χ1n) is 8.11. The Morgan fingerprint density at radius 1 is 1.39 bits per heavy atom. The van der Waals surface area contributed by atoms with Crippen LogP contribution in [-0.4, -0.2) is 53.0 Å². The molecule has 0 bridgehead atoms. The van der Waals surface area contributed by atoms with E-state index in [1.54, 1.807) is 26.8 Å². The molecule has 1 N–H and O–H groups in total. The van der Waals surface area contributed by atoms with Crippen molar-refractivity contribution >= 4 is 12.1 Å². The highest BCUT2D eigenvalue weighted by atomic mass is 16.6. The molecular formula is C17H29NO5. The van der Waals surface area contributed by atoms with E-state index in [-0.39, 0.29) is 19.1 Å². The Kier molecular flexibility index (Phi) is 6.62. The number of rotatable bonds is 4. The van der Waals surface area contributed by atoms with Crippen LogP contribution in [0.5, 0.6) is 0 Å². The molecule has 0 aliphatic carbocycles. The largest absolute Gasteiger partial charge is 0.464 e. The van der Waals surface area contributed by atoms with Gasteiger partial charge in [0.25, 0.3) is 0 Å². The van der Waals surface area contributed by atoms with E-state index in [0.29, 0.717) is 12.0 Å². The van der Waals surface area contributed by atoms with Crippen molar-refractivity contribution in [2.45, 2.75) is 65.7 Å². The standard InChI is InChI=1S/C17H29NO5/c1-7-8-12-13(19)9-18(16(21)23-17(4,5)6)14(12)15(20)22-10-11(2)3/h8,11,13-14,19H,7,9-10H2,1-6H3. The van der Waals surface area contributed by atoms with Gasteiger partial charge in [0, 0.05) is 0 Å². The summed E-state index contributed by atoms with van der Waals surface area (Å²) in [5.41, 5.74) is -0.168. The summed E-state index contributed by atoms with van der Waals surface area (Å²) in [6.45, 7) is 11.4. The number of amides is 1. The highest BCUT2D eigenvalue weighted by Crippen LogP contribution is 2.28. The average molecular weight is 327 g/mol. The lowest BCUT2D eigenvalue weighted by molar-refractivity contribution is -0.148. The van der Waals surface area contributed by atoms with Crippen LogP contribution in [0.1, 0.15) is 48.0 Å². The van der Waals surface area contributed by atoms with Gasteiger partial charge in [-0.1, -0.05) is 26.8 Å². The number of hydrogen-bond donors (Lipinski definition) is 1. The fourth-order valence-electron chi connectivity index (χ4n) is 2.33. The van der Waals surface area contributed by atoms with Gasteiger partial charge in [-0.3, -0.25) is 4.90 Å². The number of carbonyl (C=O) groups excluding carboxylic acids is 2. The maximum absolute atomic E-state index is 12.4. The fourth-order valence-corrected chi connectivity index (χ4v) is 2.33. The Hall–Kier alpha value is -1.56. The van der Waals surface area contributed by atoms with Gasteiger partial charge < -0.3 is 14.6 Å². The Balaban J connectivity index is 3.00. The third kappa shape index (κ3) is 5.53. The summed E-state index contributed by atoms with van der Waals surface area (Å²) < 4.78 is 10.6. The molecular weight excluding hydrogens is 298 g/mol. The van der Waals surface area contributed by atoms with Crippen molar-refractivity contribution in [1.29, 1.82) is 0 Å². The molecule has 1 saturated heterocycles. The molecule has 0 spiro atoms. The minimum atomic E-state index is -0.918. The van der Waals surface area contributed by atoms with E-state index in [9.17, 15) is 14.7 Å². The van der Waals surface area contributed by atoms with E-state index in [1.165, 1.54) is 4.90 Å². The molecule has 0 aromatic heterocycles. The minimum Gasteiger partial charge on any atom is -0.464 e. The zero-order valence-corrected chi connectivity index (χ0v) is 15.0. The molecule has 0 aromatic carbocycles. The average Bonchev–Trinajstić information content (AvgIpc) is 2.72. The first-order chi connectivity index (χ1) is 10.6. The normalized spacial score (nSPS) is 23.5. The molecule has 6 nitrogen and oxygen atoms in total. The highest BCUT2D eigenvalue weighted by Gasteiger charge is 2.45. The molecule has 132 valence electrons. The topological polar surface area (TPSA) is 76.1 Å². The van der Waals surface area contributed by atoms with Gasteiger partial charge in [-0.05, 0) is 38.7 Å². The van der Waals surface area contributed by atoms with Crippen LogP contribution in [0.25, 0.3) is 0 Å². The summed E-state index contributed by atoms with van der Waals surface area (Å²) in [6.07, 6.45) is 0.931. The maximum atomic E-state index is 12.4. The number of aliphatic hydroxyl groups excluding tert-OH is 1. The number of likely N-dealkylation sites (tertiary alicyclic amines) is 1. The number of esters is 1. The molecule has 1 aliphatic heterocycles. The van der Waals surface area contributed by atoms with Crippen LogP contribution < -0.4 is 0 Å². The van der Waals surface area contributed by atoms with Crippen molar-refractivity contribution in [2.75, 3.05) is 13.2 Å². The van der Waals surface area contributed by atoms with Crippen LogP contribution in [-0.2, 0) is 14.3 Å². The third-order valence-electron chi connectivity index (χ3n) is 3.23. The first-order valence-corrected chi connectivity index (χ1v) is 8.11. The van der Waals surface area contributed by atoms with Crippen LogP contribution >= 0.6 is 0 Å². The summed E-state index contributed by atoms with van der Waals surface area (Å²) in [5, 5.41) is 10.2. The van der Waals surface area contributed by atoms with E-state index in [0.717, 1.165) is 0 Å². The third-order valence-corrected chi connectivity index (χ3v) is 3.23. The van der Waals surface area contributed by atoms with Crippen molar-refractivity contribution in [2.24, 2.45) is 5.92 Å². The van der Waals surface area contributed by atoms with Gasteiger partial charge in [-0.25, -0.2) is 9.59 Å². The number of β-amino-alcohol motifs (C(OH)–C–C–N with tert-alkyl or cyclic N) is 1. The van der Waals surface area contributed by atoms with Gasteiger partial charge in [0.15, 0.2) is 6.04 Å². The molecule has 1 aliphatic rings. The van der Waals surface area contributed by atoms with E-state index >= 15 is 0 Å². The highest BCUT2D eigenvalue weighted by molar-refractivity contribution is 5.86. The molecule has 23 heavy (non-hydrogen) atoms. The van der Waals surface area contributed by atoms with Crippen molar-refractivity contribution in [3.8, 4) is 0 Å². The number of ether oxygens (including phenoxy) is 2. The second-order valence-corrected chi connectivity index (χ2v) is 7.19. The fraction of sp³-hybridized carbons (Fsp3) is 0.765. The van der Waals surface area contributed by atoms with E-state index < -0.39 is 29.8 Å². The summed E-state index contributed by atoms with van der Waals surface area (Å²) in [5.74, 6) is -0.334. The van der Waals surface area contributed by atoms with Crippen LogP contribution in [0.15, 0.2) is 11.6 Å². The monoisotopic (exact) mass is 327 g/mol. The second kappa shape index (κ2) is 7.81. The van der Waals surface area contributed by atoms with Crippen LogP contribution in [0.4, 0.5) is 4.79 Å². The maximum Gasteiger partial charge on any atom is 0.411 e. The summed E-state index contributed by atoms with van der Waals surface area (Å²) >= 11 is 0. The SMILES string of the molecule is CCC=C1C(O)CN(C(=O)OC(C)(C)C)C1C(=O)OCC(C)C. The Labute approximate surface area is 138 Å². The smallest absolute Gasteiger partial charge is 0.411 e. The van der Waals surface area contributed by atoms with E-state index in [4.69, 9.17) is 9.47 Å². The Morgan fingerprint density at radius 3 is 2.48 bits per heavy atom. The molecule has 1 rings (SSSR count). The Morgan fingerprint density at radius 2 is 2.00 bits per heavy atom. The van der Waals surface area contributed by atoms with Gasteiger partial charge in [-0.15, -0.1) is 0 Å². The molecule has 1 amide bonds. The minimum absolute atomic E-state index is 0.0300. The summed E-state index contributed by atoms with van der Waals surface area (Å²) in [6, 6.07) is -0.918. The number of aliphatic hydroxyl groups is 1. The molecule has 2 atom stereocenters. The van der Waals surface area contributed by atoms with E-state index in [2.05, 4.69) is 0 Å². The van der Waals surface area contributed by atoms with Gasteiger partial charge in [-0.2, -0.15) is 0 Å². The predicted octanol–water partition coefficient (Wildman–Crippen LogP) is 2.50. The van der Waals surface area contributed by atoms with Crippen LogP contribution in [0.2, 0.25) is 0 Å². The number of hydrogen-bond acceptors (Lipinski definition) is 5. The zero-order chi connectivity index (χ0) is 17.8. The molecule has 1 heterocycles. The number of allylic oxidation sites excluding steroid dienone is 1. The van der Waals surface area contributed by atoms with Crippen LogP contribution in [0, 0.1) is 5.92 Å². The van der Waals surface area contributed by atoms with Gasteiger partial charge >= 0.3 is 12.1 Å². The molecule has 0 saturated carbocycles. The Bertz CT molecular complexity index is 464. The zero-order valence-electron chi connectivity index (χ0n) is 15.0. The van der Waals surface area contributed by atoms with Gasteiger partial charge in [0.2, 0.25) is 0 Å². The molecule has 2 unspecified atom stereocenters. The molecule has 0 radical (unpaired) electrons. The van der Waals surface area contributed by atoms with Gasteiger partial charge in [0.1, 0.15) is 5.60 Å². The van der Waals surface area contributed by atoms with Crippen molar-refractivity contribution in [3.63, 3.8) is 0 Å². The predicted molar refractivity (Wildman–Crippen MR) is 86.9 cm³/mol. The molecule has 6 heteroatoms. The van der Waals surface area contributed by atoms with Crippen LogP contribution in [0.3, 0.4) is 0 Å².